The van der Waals surface area contributed by atoms with Crippen molar-refractivity contribution in [2.45, 2.75) is 50.4 Å². The van der Waals surface area contributed by atoms with Crippen molar-refractivity contribution in [3.8, 4) is 5.88 Å². The normalized spacial score (nSPS) is 22.6. The number of piperidine rings is 1. The topological polar surface area (TPSA) is 100 Å². The van der Waals surface area contributed by atoms with Gasteiger partial charge in [-0.3, -0.25) is 9.59 Å². The van der Waals surface area contributed by atoms with Crippen LogP contribution in [-0.4, -0.2) is 63.1 Å². The van der Waals surface area contributed by atoms with E-state index in [0.717, 1.165) is 0 Å². The Kier molecular flexibility index (Phi) is 5.46. The van der Waals surface area contributed by atoms with Crippen molar-refractivity contribution in [2.24, 2.45) is 0 Å². The van der Waals surface area contributed by atoms with Gasteiger partial charge < -0.3 is 19.9 Å². The van der Waals surface area contributed by atoms with Crippen LogP contribution in [0.2, 0.25) is 0 Å². The first-order chi connectivity index (χ1) is 14.0. The average molecular weight is 401 g/mol. The molecule has 8 nitrogen and oxygen atoms in total. The summed E-state index contributed by atoms with van der Waals surface area (Å²) in [5.41, 5.74) is 1.28. The molecule has 0 aromatic carbocycles. The number of nitrogens with one attached hydrogen (secondary N) is 2. The summed E-state index contributed by atoms with van der Waals surface area (Å²) in [4.78, 5) is 37.7. The zero-order valence-electron chi connectivity index (χ0n) is 16.1. The molecule has 1 unspecified atom stereocenters. The number of alkyl halides is 1. The molecule has 1 saturated carbocycles. The van der Waals surface area contributed by atoms with E-state index in [9.17, 15) is 14.0 Å². The fourth-order valence-corrected chi connectivity index (χ4v) is 3.92. The first-order valence-corrected chi connectivity index (χ1v) is 9.90. The molecule has 2 atom stereocenters. The summed E-state index contributed by atoms with van der Waals surface area (Å²) in [7, 11) is 0. The standard InChI is InChI=1S/C20H24FN5O3/c1-2-17(27)26-7-5-14(6-8-26)29-16-11-23-19-18(25-16)15(10-22-19)20(28)24-13-4-3-12(21)9-13/h2,10-14H,1,3-9H2,(H,22,23)(H,24,28)/t12-,13?/m0/s1. The number of fused-ring (bicyclic) bond motifs is 1. The molecule has 3 heterocycles. The minimum absolute atomic E-state index is 0.0750. The fourth-order valence-electron chi connectivity index (χ4n) is 3.92. The number of ether oxygens (including phenoxy) is 1. The molecule has 2 aromatic heterocycles. The molecule has 0 spiro atoms. The van der Waals surface area contributed by atoms with E-state index in [1.54, 1.807) is 11.1 Å². The van der Waals surface area contributed by atoms with Gasteiger partial charge in [0.25, 0.3) is 5.91 Å². The third-order valence-corrected chi connectivity index (χ3v) is 5.52. The summed E-state index contributed by atoms with van der Waals surface area (Å²) in [5, 5.41) is 2.87. The van der Waals surface area contributed by atoms with Crippen LogP contribution in [0.4, 0.5) is 4.39 Å². The molecule has 1 saturated heterocycles. The van der Waals surface area contributed by atoms with Crippen molar-refractivity contribution in [1.82, 2.24) is 25.2 Å². The summed E-state index contributed by atoms with van der Waals surface area (Å²) in [6.45, 7) is 4.70. The Morgan fingerprint density at radius 1 is 1.31 bits per heavy atom. The zero-order valence-corrected chi connectivity index (χ0v) is 16.1. The van der Waals surface area contributed by atoms with Gasteiger partial charge in [0.2, 0.25) is 11.8 Å². The molecule has 1 aliphatic heterocycles. The van der Waals surface area contributed by atoms with E-state index in [1.807, 2.05) is 0 Å². The van der Waals surface area contributed by atoms with E-state index < -0.39 is 6.17 Å². The van der Waals surface area contributed by atoms with Crippen LogP contribution in [0.3, 0.4) is 0 Å². The van der Waals surface area contributed by atoms with Gasteiger partial charge in [-0.25, -0.2) is 14.4 Å². The molecule has 154 valence electrons. The number of hydrogen-bond acceptors (Lipinski definition) is 5. The Balaban J connectivity index is 1.42. The summed E-state index contributed by atoms with van der Waals surface area (Å²) in [6.07, 6.45) is 6.31. The van der Waals surface area contributed by atoms with Gasteiger partial charge in [0.15, 0.2) is 5.65 Å². The van der Waals surface area contributed by atoms with Gasteiger partial charge in [0, 0.05) is 38.2 Å². The molecule has 1 aliphatic carbocycles. The number of H-pyrrole nitrogens is 1. The maximum atomic E-state index is 13.4. The van der Waals surface area contributed by atoms with Crippen molar-refractivity contribution >= 4 is 23.0 Å². The lowest BCUT2D eigenvalue weighted by atomic mass is 10.1. The maximum absolute atomic E-state index is 13.4. The highest BCUT2D eigenvalue weighted by molar-refractivity contribution is 6.04. The van der Waals surface area contributed by atoms with Gasteiger partial charge in [-0.2, -0.15) is 0 Å². The number of halogens is 1. The van der Waals surface area contributed by atoms with E-state index in [-0.39, 0.29) is 24.0 Å². The maximum Gasteiger partial charge on any atom is 0.255 e. The van der Waals surface area contributed by atoms with E-state index in [4.69, 9.17) is 4.74 Å². The molecule has 2 aliphatic rings. The van der Waals surface area contributed by atoms with Gasteiger partial charge in [-0.15, -0.1) is 0 Å². The van der Waals surface area contributed by atoms with Crippen LogP contribution in [0.15, 0.2) is 25.0 Å². The van der Waals surface area contributed by atoms with Crippen LogP contribution < -0.4 is 10.1 Å². The van der Waals surface area contributed by atoms with Crippen LogP contribution in [0, 0.1) is 0 Å². The fraction of sp³-hybridized carbons (Fsp3) is 0.500. The highest BCUT2D eigenvalue weighted by atomic mass is 19.1. The van der Waals surface area contributed by atoms with Gasteiger partial charge in [0.1, 0.15) is 17.8 Å². The van der Waals surface area contributed by atoms with Crippen LogP contribution in [0.25, 0.3) is 11.2 Å². The quantitative estimate of drug-likeness (QED) is 0.748. The minimum atomic E-state index is -0.851. The third kappa shape index (κ3) is 4.23. The average Bonchev–Trinajstić information content (AvgIpc) is 3.33. The Hall–Kier alpha value is -2.97. The second kappa shape index (κ2) is 8.18. The number of nitrogens with zero attached hydrogens (tertiary/aromatic N) is 3. The van der Waals surface area contributed by atoms with Crippen LogP contribution in [-0.2, 0) is 4.79 Å². The van der Waals surface area contributed by atoms with Gasteiger partial charge in [-0.05, 0) is 25.3 Å². The minimum Gasteiger partial charge on any atom is -0.473 e. The van der Waals surface area contributed by atoms with Crippen molar-refractivity contribution in [3.05, 3.63) is 30.6 Å². The molecule has 0 radical (unpaired) electrons. The molecule has 2 N–H and O–H groups in total. The third-order valence-electron chi connectivity index (χ3n) is 5.52. The molecular formula is C20H24FN5O3. The van der Waals surface area contributed by atoms with Crippen molar-refractivity contribution in [2.75, 3.05) is 13.1 Å². The lowest BCUT2D eigenvalue weighted by Gasteiger charge is -2.31. The Morgan fingerprint density at radius 3 is 2.79 bits per heavy atom. The Bertz CT molecular complexity index is 922. The SMILES string of the molecule is C=CC(=O)N1CCC(Oc2cnc3[nH]cc(C(=O)NC4CC[C@H](F)C4)c3n2)CC1. The van der Waals surface area contributed by atoms with E-state index in [1.165, 1.54) is 12.3 Å². The highest BCUT2D eigenvalue weighted by Gasteiger charge is 2.27. The number of aromatic amines is 1. The van der Waals surface area contributed by atoms with E-state index in [2.05, 4.69) is 26.8 Å². The largest absolute Gasteiger partial charge is 0.473 e. The smallest absolute Gasteiger partial charge is 0.255 e. The van der Waals surface area contributed by atoms with Crippen LogP contribution in [0.5, 0.6) is 5.88 Å². The first kappa shape index (κ1) is 19.4. The molecule has 2 amide bonds. The van der Waals surface area contributed by atoms with Crippen molar-refractivity contribution in [3.63, 3.8) is 0 Å². The predicted octanol–water partition coefficient (Wildman–Crippen LogP) is 2.13. The monoisotopic (exact) mass is 401 g/mol. The molecule has 2 aromatic rings. The molecular weight excluding hydrogens is 377 g/mol. The number of hydrogen-bond donors (Lipinski definition) is 2. The lowest BCUT2D eigenvalue weighted by molar-refractivity contribution is -0.127. The van der Waals surface area contributed by atoms with Crippen LogP contribution in [0.1, 0.15) is 42.5 Å². The molecule has 2 fully saturated rings. The summed E-state index contributed by atoms with van der Waals surface area (Å²) < 4.78 is 19.3. The number of aromatic nitrogens is 3. The van der Waals surface area contributed by atoms with Crippen LogP contribution >= 0.6 is 0 Å². The zero-order chi connectivity index (χ0) is 20.4. The lowest BCUT2D eigenvalue weighted by Crippen LogP contribution is -2.41. The summed E-state index contributed by atoms with van der Waals surface area (Å²) in [6, 6.07) is -0.154. The number of likely N-dealkylation sites (tertiary alicyclic amines) is 1. The second-order valence-electron chi connectivity index (χ2n) is 7.54. The number of carbonyl (C=O) groups excluding carboxylic acids is 2. The Labute approximate surface area is 167 Å². The van der Waals surface area contributed by atoms with Gasteiger partial charge in [0.05, 0.1) is 11.8 Å². The number of rotatable bonds is 5. The van der Waals surface area contributed by atoms with Crippen molar-refractivity contribution in [1.29, 1.82) is 0 Å². The van der Waals surface area contributed by atoms with Gasteiger partial charge >= 0.3 is 0 Å². The van der Waals surface area contributed by atoms with Crippen molar-refractivity contribution < 1.29 is 18.7 Å². The molecule has 29 heavy (non-hydrogen) atoms. The summed E-state index contributed by atoms with van der Waals surface area (Å²) in [5.74, 6) is -0.0311. The molecule has 9 heteroatoms. The molecule has 0 bridgehead atoms. The second-order valence-corrected chi connectivity index (χ2v) is 7.54. The number of amides is 2. The number of carbonyl (C=O) groups is 2. The van der Waals surface area contributed by atoms with Gasteiger partial charge in [-0.1, -0.05) is 6.58 Å². The van der Waals surface area contributed by atoms with E-state index in [0.29, 0.717) is 67.8 Å². The molecule has 4 rings (SSSR count). The highest BCUT2D eigenvalue weighted by Crippen LogP contribution is 2.24. The van der Waals surface area contributed by atoms with E-state index >= 15 is 0 Å². The Morgan fingerprint density at radius 2 is 2.10 bits per heavy atom. The first-order valence-electron chi connectivity index (χ1n) is 9.90. The summed E-state index contributed by atoms with van der Waals surface area (Å²) >= 11 is 0. The predicted molar refractivity (Wildman–Crippen MR) is 104 cm³/mol.